The smallest absolute Gasteiger partial charge is 0.315 e. The van der Waals surface area contributed by atoms with E-state index in [1.165, 1.54) is 4.90 Å². The number of likely N-dealkylation sites (tertiary alicyclic amines) is 2. The summed E-state index contributed by atoms with van der Waals surface area (Å²) in [6.07, 6.45) is 9.72. The SMILES string of the molecule is CC1(C)CC(=O)N(C[C@@H](NC(=O)N[C@H](C(=O)N2C[C@H]3[C@H](CCC3(C)C)[C@H]2C(=O)CC(CC2CCC2)C(=O)C(N)=O)C2(C)CCCCC2)C(C)(C)C)C(=O)C1. The standard InChI is InChI=1S/C42H67N5O7/c1-39(2,3)30(24-46-31(49)21-40(4,5)22-32(46)50)44-38(54)45-35(42(8)16-10-9-11-17-42)37(53)47-23-28-27(15-18-41(28,6)7)33(47)29(48)20-26(34(51)36(43)52)19-25-13-12-14-25/h25-28,30,33,35H,9-24H2,1-8H3,(H2,43,52)(H2,44,45,54)/t26?,27-,28-,30+,33-,35+/m0/s1. The molecule has 1 unspecified atom stereocenters. The topological polar surface area (TPSA) is 176 Å². The molecular formula is C42H67N5O7. The second kappa shape index (κ2) is 15.7. The second-order valence-corrected chi connectivity index (χ2v) is 20.5. The number of piperidine rings is 1. The highest BCUT2D eigenvalue weighted by Gasteiger charge is 2.58. The van der Waals surface area contributed by atoms with Gasteiger partial charge < -0.3 is 21.3 Å². The third-order valence-electron chi connectivity index (χ3n) is 14.1. The fourth-order valence-corrected chi connectivity index (χ4v) is 10.3. The largest absolute Gasteiger partial charge is 0.363 e. The van der Waals surface area contributed by atoms with Crippen molar-refractivity contribution in [1.82, 2.24) is 20.4 Å². The first-order valence-corrected chi connectivity index (χ1v) is 20.6. The number of primary amides is 1. The molecular weight excluding hydrogens is 686 g/mol. The Morgan fingerprint density at radius 1 is 0.852 bits per heavy atom. The number of hydrogen-bond donors (Lipinski definition) is 3. The van der Waals surface area contributed by atoms with Crippen molar-refractivity contribution in [1.29, 1.82) is 0 Å². The lowest BCUT2D eigenvalue weighted by molar-refractivity contribution is -0.153. The van der Waals surface area contributed by atoms with E-state index in [2.05, 4.69) is 24.5 Å². The lowest BCUT2D eigenvalue weighted by Crippen LogP contribution is -2.63. The molecule has 3 saturated carbocycles. The summed E-state index contributed by atoms with van der Waals surface area (Å²) >= 11 is 0. The molecule has 5 rings (SSSR count). The summed E-state index contributed by atoms with van der Waals surface area (Å²) in [5.74, 6) is -3.34. The number of rotatable bonds is 13. The normalized spacial score (nSPS) is 28.0. The Labute approximate surface area is 322 Å². The summed E-state index contributed by atoms with van der Waals surface area (Å²) in [4.78, 5) is 98.1. The van der Waals surface area contributed by atoms with Gasteiger partial charge in [0.05, 0.1) is 12.1 Å². The fourth-order valence-electron chi connectivity index (χ4n) is 10.3. The van der Waals surface area contributed by atoms with E-state index in [1.54, 1.807) is 4.90 Å². The third-order valence-corrected chi connectivity index (χ3v) is 14.1. The van der Waals surface area contributed by atoms with Gasteiger partial charge in [-0.2, -0.15) is 0 Å². The van der Waals surface area contributed by atoms with Gasteiger partial charge in [0, 0.05) is 38.3 Å². The zero-order valence-electron chi connectivity index (χ0n) is 34.2. The predicted octanol–water partition coefficient (Wildman–Crippen LogP) is 5.30. The highest BCUT2D eigenvalue weighted by molar-refractivity contribution is 6.36. The Balaban J connectivity index is 1.41. The van der Waals surface area contributed by atoms with Gasteiger partial charge in [0.25, 0.3) is 5.91 Å². The maximum absolute atomic E-state index is 15.1. The van der Waals surface area contributed by atoms with Gasteiger partial charge in [0.1, 0.15) is 6.04 Å². The molecule has 12 nitrogen and oxygen atoms in total. The number of urea groups is 1. The fraction of sp³-hybridized carbons (Fsp3) is 0.833. The number of Topliss-reactive ketones (excluding diaryl/α,β-unsaturated/α-hetero) is 2. The van der Waals surface area contributed by atoms with Gasteiger partial charge in [0.15, 0.2) is 5.78 Å². The molecule has 12 heteroatoms. The van der Waals surface area contributed by atoms with Crippen LogP contribution in [0.15, 0.2) is 0 Å². The summed E-state index contributed by atoms with van der Waals surface area (Å²) in [5, 5.41) is 6.13. The molecule has 0 aromatic carbocycles. The van der Waals surface area contributed by atoms with E-state index >= 15 is 4.79 Å². The Hall–Kier alpha value is -3.31. The van der Waals surface area contributed by atoms with Gasteiger partial charge in [-0.05, 0) is 71.5 Å². The van der Waals surface area contributed by atoms with E-state index in [4.69, 9.17) is 5.73 Å². The van der Waals surface area contributed by atoms with Crippen LogP contribution in [-0.2, 0) is 28.8 Å². The summed E-state index contributed by atoms with van der Waals surface area (Å²) < 4.78 is 0. The number of nitrogens with two attached hydrogens (primary N) is 1. The van der Waals surface area contributed by atoms with E-state index in [1.807, 2.05) is 41.5 Å². The van der Waals surface area contributed by atoms with Crippen LogP contribution in [0.3, 0.4) is 0 Å². The van der Waals surface area contributed by atoms with Crippen molar-refractivity contribution in [3.05, 3.63) is 0 Å². The predicted molar refractivity (Wildman–Crippen MR) is 204 cm³/mol. The van der Waals surface area contributed by atoms with Crippen molar-refractivity contribution in [2.45, 2.75) is 163 Å². The maximum Gasteiger partial charge on any atom is 0.315 e. The van der Waals surface area contributed by atoms with Gasteiger partial charge in [-0.15, -0.1) is 0 Å². The highest BCUT2D eigenvalue weighted by atomic mass is 16.2. The van der Waals surface area contributed by atoms with Crippen LogP contribution < -0.4 is 16.4 Å². The van der Waals surface area contributed by atoms with E-state index in [0.717, 1.165) is 64.2 Å². The van der Waals surface area contributed by atoms with Crippen LogP contribution in [0.25, 0.3) is 0 Å². The van der Waals surface area contributed by atoms with Crippen molar-refractivity contribution in [2.75, 3.05) is 13.1 Å². The van der Waals surface area contributed by atoms with Crippen LogP contribution in [0.2, 0.25) is 0 Å². The average Bonchev–Trinajstić information content (AvgIpc) is 3.57. The van der Waals surface area contributed by atoms with Crippen molar-refractivity contribution < 1.29 is 33.6 Å². The maximum atomic E-state index is 15.1. The van der Waals surface area contributed by atoms with Crippen molar-refractivity contribution >= 4 is 41.2 Å². The molecule has 0 aromatic heterocycles. The number of carbonyl (C=O) groups is 7. The van der Waals surface area contributed by atoms with E-state index in [0.29, 0.717) is 13.0 Å². The molecule has 302 valence electrons. The number of amides is 6. The Kier molecular flexibility index (Phi) is 12.1. The first-order valence-electron chi connectivity index (χ1n) is 20.6. The molecule has 2 saturated heterocycles. The van der Waals surface area contributed by atoms with Crippen LogP contribution in [0.1, 0.15) is 145 Å². The molecule has 2 heterocycles. The molecule has 3 aliphatic carbocycles. The minimum Gasteiger partial charge on any atom is -0.363 e. The third kappa shape index (κ3) is 9.04. The molecule has 4 N–H and O–H groups in total. The zero-order chi connectivity index (χ0) is 40.0. The van der Waals surface area contributed by atoms with Gasteiger partial charge in [-0.25, -0.2) is 4.79 Å². The van der Waals surface area contributed by atoms with Crippen molar-refractivity contribution in [3.8, 4) is 0 Å². The number of fused-ring (bicyclic) bond motifs is 1. The molecule has 5 aliphatic rings. The van der Waals surface area contributed by atoms with E-state index < -0.39 is 58.0 Å². The van der Waals surface area contributed by atoms with Crippen LogP contribution in [-0.4, -0.2) is 82.2 Å². The number of carbonyl (C=O) groups excluding carboxylic acids is 7. The summed E-state index contributed by atoms with van der Waals surface area (Å²) in [6, 6.07) is -2.87. The van der Waals surface area contributed by atoms with Crippen LogP contribution in [0.4, 0.5) is 4.79 Å². The summed E-state index contributed by atoms with van der Waals surface area (Å²) in [5.41, 5.74) is 3.82. The molecule has 2 aliphatic heterocycles. The monoisotopic (exact) mass is 754 g/mol. The summed E-state index contributed by atoms with van der Waals surface area (Å²) in [6.45, 7) is 16.4. The first-order chi connectivity index (χ1) is 25.0. The van der Waals surface area contributed by atoms with Crippen LogP contribution in [0, 0.1) is 45.3 Å². The molecule has 5 fully saturated rings. The Morgan fingerprint density at radius 3 is 2.00 bits per heavy atom. The molecule has 6 atom stereocenters. The number of nitrogens with one attached hydrogen (secondary N) is 2. The van der Waals surface area contributed by atoms with Crippen LogP contribution >= 0.6 is 0 Å². The van der Waals surface area contributed by atoms with Crippen LogP contribution in [0.5, 0.6) is 0 Å². The molecule has 0 aromatic rings. The summed E-state index contributed by atoms with van der Waals surface area (Å²) in [7, 11) is 0. The minimum atomic E-state index is -1.03. The molecule has 0 radical (unpaired) electrons. The minimum absolute atomic E-state index is 0.0216. The first kappa shape index (κ1) is 41.8. The van der Waals surface area contributed by atoms with Gasteiger partial charge in [-0.1, -0.05) is 93.9 Å². The lowest BCUT2D eigenvalue weighted by atomic mass is 9.70. The quantitative estimate of drug-likeness (QED) is 0.169. The number of hydrogen-bond acceptors (Lipinski definition) is 7. The number of ketones is 2. The van der Waals surface area contributed by atoms with E-state index in [-0.39, 0.29) is 72.5 Å². The van der Waals surface area contributed by atoms with Gasteiger partial charge in [-0.3, -0.25) is 33.7 Å². The number of imide groups is 1. The molecule has 0 bridgehead atoms. The lowest BCUT2D eigenvalue weighted by Gasteiger charge is -2.43. The van der Waals surface area contributed by atoms with Gasteiger partial charge >= 0.3 is 6.03 Å². The molecule has 0 spiro atoms. The second-order valence-electron chi connectivity index (χ2n) is 20.5. The zero-order valence-corrected chi connectivity index (χ0v) is 34.2. The Morgan fingerprint density at radius 2 is 1.46 bits per heavy atom. The van der Waals surface area contributed by atoms with Crippen molar-refractivity contribution in [3.63, 3.8) is 0 Å². The molecule has 54 heavy (non-hydrogen) atoms. The highest BCUT2D eigenvalue weighted by Crippen LogP contribution is 2.54. The molecule has 6 amide bonds. The van der Waals surface area contributed by atoms with Crippen molar-refractivity contribution in [2.24, 2.45) is 51.1 Å². The van der Waals surface area contributed by atoms with Gasteiger partial charge in [0.2, 0.25) is 23.5 Å². The average molecular weight is 754 g/mol. The number of nitrogens with zero attached hydrogens (tertiary/aromatic N) is 2. The van der Waals surface area contributed by atoms with E-state index in [9.17, 15) is 28.8 Å². The Bertz CT molecular complexity index is 1480.